The zero-order chi connectivity index (χ0) is 14.5. The van der Waals surface area contributed by atoms with E-state index in [4.69, 9.17) is 16.6 Å². The predicted octanol–water partition coefficient (Wildman–Crippen LogP) is 5.69. The second-order valence-corrected chi connectivity index (χ2v) is 8.55. The van der Waals surface area contributed by atoms with Crippen molar-refractivity contribution < 1.29 is 0 Å². The van der Waals surface area contributed by atoms with Crippen LogP contribution >= 0.6 is 34.2 Å². The van der Waals surface area contributed by atoms with Crippen LogP contribution in [0, 0.1) is 8.99 Å². The first kappa shape index (κ1) is 14.6. The molecule has 2 nitrogen and oxygen atoms in total. The molecular formula is C16H20ClIN2. The highest BCUT2D eigenvalue weighted by molar-refractivity contribution is 14.1. The molecule has 0 aliphatic heterocycles. The monoisotopic (exact) mass is 402 g/mol. The maximum absolute atomic E-state index is 6.38. The third-order valence-corrected chi connectivity index (χ3v) is 5.21. The van der Waals surface area contributed by atoms with Crippen molar-refractivity contribution in [2.75, 3.05) is 0 Å². The van der Waals surface area contributed by atoms with Crippen molar-refractivity contribution in [1.29, 1.82) is 0 Å². The van der Waals surface area contributed by atoms with Gasteiger partial charge in [-0.15, -0.1) is 11.6 Å². The average molecular weight is 403 g/mol. The topological polar surface area (TPSA) is 17.8 Å². The fourth-order valence-electron chi connectivity index (χ4n) is 3.37. The Morgan fingerprint density at radius 1 is 1.45 bits per heavy atom. The molecule has 2 unspecified atom stereocenters. The van der Waals surface area contributed by atoms with Gasteiger partial charge >= 0.3 is 0 Å². The van der Waals surface area contributed by atoms with Gasteiger partial charge in [0.1, 0.15) is 5.82 Å². The van der Waals surface area contributed by atoms with Gasteiger partial charge in [0.25, 0.3) is 0 Å². The summed E-state index contributed by atoms with van der Waals surface area (Å²) in [5.74, 6) is 1.02. The summed E-state index contributed by atoms with van der Waals surface area (Å²) in [7, 11) is 0. The molecule has 1 aromatic heterocycles. The number of fused-ring (bicyclic) bond motifs is 1. The van der Waals surface area contributed by atoms with E-state index < -0.39 is 0 Å². The number of rotatable bonds is 2. The molecule has 0 bridgehead atoms. The van der Waals surface area contributed by atoms with Gasteiger partial charge in [-0.25, -0.2) is 4.98 Å². The number of hydrogen-bond acceptors (Lipinski definition) is 1. The first-order valence-electron chi connectivity index (χ1n) is 7.19. The number of nitrogens with zero attached hydrogens (tertiary/aromatic N) is 2. The van der Waals surface area contributed by atoms with E-state index in [-0.39, 0.29) is 5.38 Å². The molecule has 1 aliphatic carbocycles. The number of aromatic nitrogens is 2. The van der Waals surface area contributed by atoms with E-state index in [1.54, 1.807) is 0 Å². The van der Waals surface area contributed by atoms with E-state index in [1.165, 1.54) is 28.3 Å². The molecule has 0 radical (unpaired) electrons. The van der Waals surface area contributed by atoms with Crippen LogP contribution in [0.3, 0.4) is 0 Å². The molecule has 1 aliphatic rings. The second-order valence-electron chi connectivity index (χ2n) is 6.65. The van der Waals surface area contributed by atoms with Crippen molar-refractivity contribution in [2.45, 2.75) is 51.5 Å². The lowest BCUT2D eigenvalue weighted by Gasteiger charge is -2.21. The van der Waals surface area contributed by atoms with Crippen molar-refractivity contribution in [3.8, 4) is 0 Å². The largest absolute Gasteiger partial charge is 0.324 e. The highest BCUT2D eigenvalue weighted by Gasteiger charge is 2.34. The van der Waals surface area contributed by atoms with Gasteiger partial charge in [-0.1, -0.05) is 13.8 Å². The molecule has 1 saturated carbocycles. The molecule has 1 fully saturated rings. The van der Waals surface area contributed by atoms with E-state index >= 15 is 0 Å². The van der Waals surface area contributed by atoms with E-state index in [1.807, 2.05) is 6.92 Å². The maximum atomic E-state index is 6.38. The minimum absolute atomic E-state index is 0.0521. The molecule has 0 saturated heterocycles. The fraction of sp³-hybridized carbons (Fsp3) is 0.562. The predicted molar refractivity (Wildman–Crippen MR) is 93.4 cm³/mol. The lowest BCUT2D eigenvalue weighted by molar-refractivity contribution is 0.358. The van der Waals surface area contributed by atoms with Gasteiger partial charge in [0.05, 0.1) is 16.4 Å². The second kappa shape index (κ2) is 5.16. The van der Waals surface area contributed by atoms with Crippen molar-refractivity contribution in [2.24, 2.45) is 5.41 Å². The van der Waals surface area contributed by atoms with Crippen LogP contribution in [0.1, 0.15) is 57.3 Å². The number of alkyl halides is 1. The summed E-state index contributed by atoms with van der Waals surface area (Å²) in [5.41, 5.74) is 2.73. The Hall–Kier alpha value is -0.290. The zero-order valence-corrected chi connectivity index (χ0v) is 15.1. The molecule has 20 heavy (non-hydrogen) atoms. The standard InChI is InChI=1S/C16H20ClIN2/c1-10(17)15-19-13-8-11(18)4-5-14(13)20(15)12-6-7-16(2,3)9-12/h4-5,8,10,12H,6-7,9H2,1-3H3. The summed E-state index contributed by atoms with van der Waals surface area (Å²) in [5, 5.41) is -0.0521. The number of halogens is 2. The normalized spacial score (nSPS) is 23.4. The Labute approximate surface area is 139 Å². The zero-order valence-electron chi connectivity index (χ0n) is 12.2. The first-order valence-corrected chi connectivity index (χ1v) is 8.70. The van der Waals surface area contributed by atoms with Crippen LogP contribution in [-0.4, -0.2) is 9.55 Å². The highest BCUT2D eigenvalue weighted by Crippen LogP contribution is 2.45. The van der Waals surface area contributed by atoms with Crippen molar-refractivity contribution in [3.05, 3.63) is 27.6 Å². The quantitative estimate of drug-likeness (QED) is 0.466. The Morgan fingerprint density at radius 2 is 2.20 bits per heavy atom. The molecular weight excluding hydrogens is 383 g/mol. The van der Waals surface area contributed by atoms with Gasteiger partial charge in [0, 0.05) is 9.61 Å². The molecule has 2 atom stereocenters. The third kappa shape index (κ3) is 2.59. The van der Waals surface area contributed by atoms with Crippen molar-refractivity contribution in [3.63, 3.8) is 0 Å². The molecule has 0 spiro atoms. The Balaban J connectivity index is 2.15. The molecule has 0 N–H and O–H groups in total. The smallest absolute Gasteiger partial charge is 0.127 e. The number of benzene rings is 1. The SMILES string of the molecule is CC(Cl)c1nc2cc(I)ccc2n1C1CCC(C)(C)C1. The Morgan fingerprint density at radius 3 is 2.80 bits per heavy atom. The molecule has 0 amide bonds. The van der Waals surface area contributed by atoms with Crippen LogP contribution in [0.5, 0.6) is 0 Å². The minimum Gasteiger partial charge on any atom is -0.324 e. The van der Waals surface area contributed by atoms with Crippen LogP contribution in [0.15, 0.2) is 18.2 Å². The third-order valence-electron chi connectivity index (χ3n) is 4.34. The van der Waals surface area contributed by atoms with Crippen molar-refractivity contribution >= 4 is 45.2 Å². The number of imidazole rings is 1. The van der Waals surface area contributed by atoms with E-state index in [0.29, 0.717) is 11.5 Å². The Bertz CT molecular complexity index is 645. The summed E-state index contributed by atoms with van der Waals surface area (Å²) in [4.78, 5) is 4.79. The van der Waals surface area contributed by atoms with Gasteiger partial charge in [0.15, 0.2) is 0 Å². The van der Waals surface area contributed by atoms with Gasteiger partial charge < -0.3 is 4.57 Å². The summed E-state index contributed by atoms with van der Waals surface area (Å²) in [6.45, 7) is 6.74. The minimum atomic E-state index is -0.0521. The van der Waals surface area contributed by atoms with Gasteiger partial charge in [0.2, 0.25) is 0 Å². The molecule has 1 heterocycles. The summed E-state index contributed by atoms with van der Waals surface area (Å²) >= 11 is 8.72. The van der Waals surface area contributed by atoms with E-state index in [9.17, 15) is 0 Å². The molecule has 2 aromatic rings. The average Bonchev–Trinajstić information content (AvgIpc) is 2.88. The van der Waals surface area contributed by atoms with Gasteiger partial charge in [-0.3, -0.25) is 0 Å². The fourth-order valence-corrected chi connectivity index (χ4v) is 4.00. The number of hydrogen-bond donors (Lipinski definition) is 0. The Kier molecular flexibility index (Phi) is 3.78. The van der Waals surface area contributed by atoms with Crippen molar-refractivity contribution in [1.82, 2.24) is 9.55 Å². The highest BCUT2D eigenvalue weighted by atomic mass is 127. The van der Waals surface area contributed by atoms with Crippen LogP contribution < -0.4 is 0 Å². The summed E-state index contributed by atoms with van der Waals surface area (Å²) in [6, 6.07) is 7.03. The van der Waals surface area contributed by atoms with Crippen LogP contribution in [0.2, 0.25) is 0 Å². The molecule has 4 heteroatoms. The van der Waals surface area contributed by atoms with Gasteiger partial charge in [-0.2, -0.15) is 0 Å². The molecule has 1 aromatic carbocycles. The van der Waals surface area contributed by atoms with Gasteiger partial charge in [-0.05, 0) is 72.4 Å². The lowest BCUT2D eigenvalue weighted by Crippen LogP contribution is -2.12. The van der Waals surface area contributed by atoms with Crippen LogP contribution in [0.4, 0.5) is 0 Å². The summed E-state index contributed by atoms with van der Waals surface area (Å²) < 4.78 is 3.62. The molecule has 108 valence electrons. The van der Waals surface area contributed by atoms with Crippen LogP contribution in [-0.2, 0) is 0 Å². The molecule has 3 rings (SSSR count). The van der Waals surface area contributed by atoms with E-state index in [2.05, 4.69) is 59.2 Å². The van der Waals surface area contributed by atoms with E-state index in [0.717, 1.165) is 11.3 Å². The van der Waals surface area contributed by atoms with Crippen LogP contribution in [0.25, 0.3) is 11.0 Å². The lowest BCUT2D eigenvalue weighted by atomic mass is 9.92. The summed E-state index contributed by atoms with van der Waals surface area (Å²) in [6.07, 6.45) is 3.71. The maximum Gasteiger partial charge on any atom is 0.127 e. The first-order chi connectivity index (χ1) is 9.37.